The van der Waals surface area contributed by atoms with E-state index in [2.05, 4.69) is 0 Å². The van der Waals surface area contributed by atoms with Crippen LogP contribution in [0.4, 0.5) is 8.78 Å². The molecule has 110 valence electrons. The van der Waals surface area contributed by atoms with Gasteiger partial charge in [0, 0.05) is 12.6 Å². The van der Waals surface area contributed by atoms with Crippen LogP contribution in [0.25, 0.3) is 0 Å². The fourth-order valence-electron chi connectivity index (χ4n) is 2.74. The minimum absolute atomic E-state index is 0.122. The molecule has 0 unspecified atom stereocenters. The van der Waals surface area contributed by atoms with E-state index in [1.807, 2.05) is 0 Å². The first kappa shape index (κ1) is 14.9. The molecule has 1 aromatic rings. The van der Waals surface area contributed by atoms with E-state index in [1.54, 1.807) is 4.90 Å². The maximum Gasteiger partial charge on any atom is 0.257 e. The minimum Gasteiger partial charge on any atom is -0.336 e. The van der Waals surface area contributed by atoms with Gasteiger partial charge in [-0.2, -0.15) is 0 Å². The molecule has 0 aliphatic heterocycles. The summed E-state index contributed by atoms with van der Waals surface area (Å²) in [6, 6.07) is 3.11. The molecule has 20 heavy (non-hydrogen) atoms. The molecule has 1 amide bonds. The Labute approximate surface area is 117 Å². The van der Waals surface area contributed by atoms with Crippen LogP contribution in [0, 0.1) is 11.6 Å². The zero-order valence-corrected chi connectivity index (χ0v) is 11.4. The molecule has 1 saturated carbocycles. The summed E-state index contributed by atoms with van der Waals surface area (Å²) in [5, 5.41) is 0. The highest BCUT2D eigenvalue weighted by atomic mass is 19.1. The minimum atomic E-state index is -0.674. The maximum absolute atomic E-state index is 13.8. The summed E-state index contributed by atoms with van der Waals surface area (Å²) in [6.07, 6.45) is 4.66. The van der Waals surface area contributed by atoms with Crippen molar-refractivity contribution in [2.24, 2.45) is 5.73 Å². The molecule has 1 aliphatic carbocycles. The summed E-state index contributed by atoms with van der Waals surface area (Å²) in [4.78, 5) is 14.2. The molecular formula is C15H20F2N2O. The highest BCUT2D eigenvalue weighted by molar-refractivity contribution is 5.94. The Hall–Kier alpha value is -1.49. The molecule has 0 bridgehead atoms. The summed E-state index contributed by atoms with van der Waals surface area (Å²) in [7, 11) is 0. The largest absolute Gasteiger partial charge is 0.336 e. The molecule has 0 saturated heterocycles. The Morgan fingerprint density at radius 1 is 1.30 bits per heavy atom. The monoisotopic (exact) mass is 282 g/mol. The molecule has 0 aromatic heterocycles. The second-order valence-electron chi connectivity index (χ2n) is 5.20. The molecule has 3 nitrogen and oxygen atoms in total. The van der Waals surface area contributed by atoms with E-state index in [1.165, 1.54) is 0 Å². The van der Waals surface area contributed by atoms with Gasteiger partial charge in [-0.1, -0.05) is 12.8 Å². The van der Waals surface area contributed by atoms with Gasteiger partial charge in [0.25, 0.3) is 5.91 Å². The topological polar surface area (TPSA) is 46.3 Å². The number of hydrogen-bond donors (Lipinski definition) is 1. The molecule has 1 aliphatic rings. The van der Waals surface area contributed by atoms with E-state index in [0.717, 1.165) is 43.9 Å². The van der Waals surface area contributed by atoms with Crippen LogP contribution in [0.15, 0.2) is 18.2 Å². The lowest BCUT2D eigenvalue weighted by Gasteiger charge is -2.29. The van der Waals surface area contributed by atoms with Crippen molar-refractivity contribution < 1.29 is 13.6 Å². The van der Waals surface area contributed by atoms with Crippen LogP contribution in [0.1, 0.15) is 42.5 Å². The Balaban J connectivity index is 2.22. The van der Waals surface area contributed by atoms with Crippen molar-refractivity contribution in [3.63, 3.8) is 0 Å². The van der Waals surface area contributed by atoms with Crippen LogP contribution < -0.4 is 5.73 Å². The quantitative estimate of drug-likeness (QED) is 0.902. The fraction of sp³-hybridized carbons (Fsp3) is 0.533. The molecule has 1 aromatic carbocycles. The first-order valence-corrected chi connectivity index (χ1v) is 7.09. The van der Waals surface area contributed by atoms with Gasteiger partial charge in [0.05, 0.1) is 5.56 Å². The third-order valence-corrected chi connectivity index (χ3v) is 3.79. The number of amides is 1. The van der Waals surface area contributed by atoms with E-state index >= 15 is 0 Å². The van der Waals surface area contributed by atoms with Gasteiger partial charge >= 0.3 is 0 Å². The van der Waals surface area contributed by atoms with Crippen LogP contribution in [0.5, 0.6) is 0 Å². The Kier molecular flexibility index (Phi) is 5.06. The SMILES string of the molecule is NCCCN(C(=O)c1cc(F)ccc1F)C1CCCC1. The molecule has 2 rings (SSSR count). The van der Waals surface area contributed by atoms with Gasteiger partial charge in [-0.05, 0) is 44.0 Å². The summed E-state index contributed by atoms with van der Waals surface area (Å²) < 4.78 is 27.0. The van der Waals surface area contributed by atoms with Crippen molar-refractivity contribution in [2.45, 2.75) is 38.1 Å². The third kappa shape index (κ3) is 3.33. The molecule has 0 heterocycles. The zero-order chi connectivity index (χ0) is 14.5. The highest BCUT2D eigenvalue weighted by Gasteiger charge is 2.28. The zero-order valence-electron chi connectivity index (χ0n) is 11.4. The van der Waals surface area contributed by atoms with E-state index < -0.39 is 17.5 Å². The number of rotatable bonds is 5. The van der Waals surface area contributed by atoms with Crippen molar-refractivity contribution in [3.8, 4) is 0 Å². The number of nitrogens with zero attached hydrogens (tertiary/aromatic N) is 1. The van der Waals surface area contributed by atoms with Crippen LogP contribution >= 0.6 is 0 Å². The lowest BCUT2D eigenvalue weighted by molar-refractivity contribution is 0.0675. The summed E-state index contributed by atoms with van der Waals surface area (Å²) in [5.74, 6) is -1.70. The van der Waals surface area contributed by atoms with Crippen LogP contribution in [-0.2, 0) is 0 Å². The second-order valence-corrected chi connectivity index (χ2v) is 5.20. The van der Waals surface area contributed by atoms with Crippen molar-refractivity contribution in [2.75, 3.05) is 13.1 Å². The van der Waals surface area contributed by atoms with E-state index in [0.29, 0.717) is 19.5 Å². The highest BCUT2D eigenvalue weighted by Crippen LogP contribution is 2.25. The molecule has 5 heteroatoms. The Morgan fingerprint density at radius 2 is 2.00 bits per heavy atom. The normalized spacial score (nSPS) is 15.6. The van der Waals surface area contributed by atoms with Gasteiger partial charge in [0.1, 0.15) is 11.6 Å². The predicted molar refractivity (Wildman–Crippen MR) is 73.3 cm³/mol. The lowest BCUT2D eigenvalue weighted by Crippen LogP contribution is -2.40. The smallest absolute Gasteiger partial charge is 0.257 e. The number of nitrogens with two attached hydrogens (primary N) is 1. The lowest BCUT2D eigenvalue weighted by atomic mass is 10.1. The maximum atomic E-state index is 13.8. The summed E-state index contributed by atoms with van der Waals surface area (Å²) >= 11 is 0. The van der Waals surface area contributed by atoms with Gasteiger partial charge in [-0.3, -0.25) is 4.79 Å². The van der Waals surface area contributed by atoms with E-state index in [4.69, 9.17) is 5.73 Å². The Morgan fingerprint density at radius 3 is 2.65 bits per heavy atom. The van der Waals surface area contributed by atoms with Crippen molar-refractivity contribution in [1.82, 2.24) is 4.90 Å². The number of hydrogen-bond acceptors (Lipinski definition) is 2. The summed E-state index contributed by atoms with van der Waals surface area (Å²) in [5.41, 5.74) is 5.31. The van der Waals surface area contributed by atoms with Crippen molar-refractivity contribution in [1.29, 1.82) is 0 Å². The van der Waals surface area contributed by atoms with Crippen LogP contribution in [0.3, 0.4) is 0 Å². The average molecular weight is 282 g/mol. The first-order chi connectivity index (χ1) is 9.63. The van der Waals surface area contributed by atoms with Crippen LogP contribution in [0.2, 0.25) is 0 Å². The van der Waals surface area contributed by atoms with Gasteiger partial charge in [0.2, 0.25) is 0 Å². The number of halogens is 2. The molecule has 2 N–H and O–H groups in total. The summed E-state index contributed by atoms with van der Waals surface area (Å²) in [6.45, 7) is 0.970. The van der Waals surface area contributed by atoms with Gasteiger partial charge in [0.15, 0.2) is 0 Å². The number of benzene rings is 1. The van der Waals surface area contributed by atoms with E-state index in [-0.39, 0.29) is 11.6 Å². The predicted octanol–water partition coefficient (Wildman–Crippen LogP) is 2.70. The van der Waals surface area contributed by atoms with Crippen molar-refractivity contribution >= 4 is 5.91 Å². The second kappa shape index (κ2) is 6.79. The number of carbonyl (C=O) groups is 1. The average Bonchev–Trinajstić information content (AvgIpc) is 2.95. The molecule has 1 fully saturated rings. The Bertz CT molecular complexity index is 473. The molecule has 0 radical (unpaired) electrons. The third-order valence-electron chi connectivity index (χ3n) is 3.79. The number of carbonyl (C=O) groups excluding carboxylic acids is 1. The fourth-order valence-corrected chi connectivity index (χ4v) is 2.74. The first-order valence-electron chi connectivity index (χ1n) is 7.09. The van der Waals surface area contributed by atoms with Gasteiger partial charge in [-0.15, -0.1) is 0 Å². The van der Waals surface area contributed by atoms with Gasteiger partial charge < -0.3 is 10.6 Å². The molecule has 0 spiro atoms. The standard InChI is InChI=1S/C15H20F2N2O/c16-11-6-7-14(17)13(10-11)15(20)19(9-3-8-18)12-4-1-2-5-12/h6-7,10,12H,1-5,8-9,18H2. The van der Waals surface area contributed by atoms with E-state index in [9.17, 15) is 13.6 Å². The van der Waals surface area contributed by atoms with Crippen LogP contribution in [-0.4, -0.2) is 29.9 Å². The van der Waals surface area contributed by atoms with Crippen molar-refractivity contribution in [3.05, 3.63) is 35.4 Å². The van der Waals surface area contributed by atoms with Gasteiger partial charge in [-0.25, -0.2) is 8.78 Å². The molecule has 0 atom stereocenters. The molecular weight excluding hydrogens is 262 g/mol.